The molecule has 1 aromatic carbocycles. The van der Waals surface area contributed by atoms with Gasteiger partial charge in [0.2, 0.25) is 0 Å². The van der Waals surface area contributed by atoms with E-state index in [2.05, 4.69) is 0 Å². The van der Waals surface area contributed by atoms with Crippen LogP contribution in [0, 0.1) is 0 Å². The first-order valence-corrected chi connectivity index (χ1v) is 8.96. The molecule has 130 valence electrons. The van der Waals surface area contributed by atoms with Gasteiger partial charge in [0.15, 0.2) is 0 Å². The molecule has 0 saturated carbocycles. The molecule has 1 unspecified atom stereocenters. The Balaban J connectivity index is 1.77. The van der Waals surface area contributed by atoms with E-state index in [1.807, 2.05) is 0 Å². The molecule has 2 heterocycles. The predicted octanol–water partition coefficient (Wildman–Crippen LogP) is 2.21. The molecule has 25 heavy (non-hydrogen) atoms. The molecule has 2 aliphatic rings. The molecule has 2 amide bonds. The standard InChI is InChI=1S/C17H16N2O4S2/c1-18-15(21)13(25-17(18)24)9-10-4-6-11(7-5-10)14(20)19-8-2-3-12(19)16(22)23/h4-7,9,12H,2-3,8H2,1H3,(H,22,23)/b13-9-. The zero-order valence-electron chi connectivity index (χ0n) is 13.5. The van der Waals surface area contributed by atoms with Crippen LogP contribution >= 0.6 is 24.0 Å². The number of benzene rings is 1. The molecule has 1 aromatic rings. The average Bonchev–Trinajstić information content (AvgIpc) is 3.17. The highest BCUT2D eigenvalue weighted by Crippen LogP contribution is 2.31. The lowest BCUT2D eigenvalue weighted by Gasteiger charge is -2.21. The zero-order chi connectivity index (χ0) is 18.1. The molecule has 8 heteroatoms. The maximum Gasteiger partial charge on any atom is 0.326 e. The van der Waals surface area contributed by atoms with Crippen LogP contribution in [-0.2, 0) is 9.59 Å². The van der Waals surface area contributed by atoms with Gasteiger partial charge in [0.05, 0.1) is 4.91 Å². The number of carbonyl (C=O) groups is 3. The Labute approximate surface area is 154 Å². The third-order valence-corrected chi connectivity index (χ3v) is 5.73. The number of hydrogen-bond donors (Lipinski definition) is 1. The van der Waals surface area contributed by atoms with Gasteiger partial charge in [0.1, 0.15) is 10.4 Å². The van der Waals surface area contributed by atoms with Crippen molar-refractivity contribution in [1.29, 1.82) is 0 Å². The first-order chi connectivity index (χ1) is 11.9. The second-order valence-electron chi connectivity index (χ2n) is 5.86. The van der Waals surface area contributed by atoms with E-state index in [0.717, 1.165) is 5.56 Å². The Bertz CT molecular complexity index is 788. The molecule has 0 aromatic heterocycles. The largest absolute Gasteiger partial charge is 0.480 e. The molecule has 2 saturated heterocycles. The number of amides is 2. The molecule has 2 aliphatic heterocycles. The van der Waals surface area contributed by atoms with Crippen molar-refractivity contribution in [3.63, 3.8) is 0 Å². The molecule has 0 aliphatic carbocycles. The summed E-state index contributed by atoms with van der Waals surface area (Å²) in [5, 5.41) is 9.20. The molecule has 2 fully saturated rings. The fourth-order valence-electron chi connectivity index (χ4n) is 2.85. The lowest BCUT2D eigenvalue weighted by Crippen LogP contribution is -2.40. The molecule has 1 atom stereocenters. The number of hydrogen-bond acceptors (Lipinski definition) is 5. The van der Waals surface area contributed by atoms with Gasteiger partial charge in [-0.05, 0) is 36.6 Å². The van der Waals surface area contributed by atoms with Crippen molar-refractivity contribution in [1.82, 2.24) is 9.80 Å². The van der Waals surface area contributed by atoms with Crippen LogP contribution < -0.4 is 0 Å². The average molecular weight is 376 g/mol. The summed E-state index contributed by atoms with van der Waals surface area (Å²) in [5.41, 5.74) is 1.22. The third kappa shape index (κ3) is 3.45. The number of carboxylic acid groups (broad SMARTS) is 1. The summed E-state index contributed by atoms with van der Waals surface area (Å²) in [6.45, 7) is 0.455. The lowest BCUT2D eigenvalue weighted by atomic mass is 10.1. The smallest absolute Gasteiger partial charge is 0.326 e. The highest BCUT2D eigenvalue weighted by molar-refractivity contribution is 8.26. The highest BCUT2D eigenvalue weighted by Gasteiger charge is 2.34. The molecule has 0 bridgehead atoms. The second-order valence-corrected chi connectivity index (χ2v) is 7.53. The maximum atomic E-state index is 12.5. The summed E-state index contributed by atoms with van der Waals surface area (Å²) in [5.74, 6) is -1.39. The van der Waals surface area contributed by atoms with Crippen molar-refractivity contribution < 1.29 is 19.5 Å². The minimum atomic E-state index is -0.968. The Morgan fingerprint density at radius 3 is 2.56 bits per heavy atom. The van der Waals surface area contributed by atoms with E-state index < -0.39 is 12.0 Å². The van der Waals surface area contributed by atoms with Crippen molar-refractivity contribution in [2.24, 2.45) is 0 Å². The van der Waals surface area contributed by atoms with Gasteiger partial charge >= 0.3 is 5.97 Å². The fourth-order valence-corrected chi connectivity index (χ4v) is 4.03. The number of carboxylic acids is 1. The topological polar surface area (TPSA) is 77.9 Å². The summed E-state index contributed by atoms with van der Waals surface area (Å²) in [4.78, 5) is 39.1. The molecular formula is C17H16N2O4S2. The van der Waals surface area contributed by atoms with Crippen LogP contribution in [0.3, 0.4) is 0 Å². The number of likely N-dealkylation sites (N-methyl/N-ethyl adjacent to an activating group) is 1. The van der Waals surface area contributed by atoms with E-state index >= 15 is 0 Å². The van der Waals surface area contributed by atoms with Gasteiger partial charge in [-0.15, -0.1) is 0 Å². The zero-order valence-corrected chi connectivity index (χ0v) is 15.1. The molecule has 3 rings (SSSR count). The normalized spacial score (nSPS) is 22.1. The third-order valence-electron chi connectivity index (χ3n) is 4.24. The van der Waals surface area contributed by atoms with Crippen molar-refractivity contribution >= 4 is 52.2 Å². The SMILES string of the molecule is CN1C(=O)/C(=C/c2ccc(C(=O)N3CCCC3C(=O)O)cc2)SC1=S. The fraction of sp³-hybridized carbons (Fsp3) is 0.294. The Kier molecular flexibility index (Phi) is 4.91. The van der Waals surface area contributed by atoms with Crippen LogP contribution in [0.2, 0.25) is 0 Å². The highest BCUT2D eigenvalue weighted by atomic mass is 32.2. The van der Waals surface area contributed by atoms with E-state index in [0.29, 0.717) is 34.2 Å². The molecular weight excluding hydrogens is 360 g/mol. The minimum Gasteiger partial charge on any atom is -0.480 e. The summed E-state index contributed by atoms with van der Waals surface area (Å²) in [6.07, 6.45) is 2.91. The number of thioether (sulfide) groups is 1. The number of rotatable bonds is 3. The lowest BCUT2D eigenvalue weighted by molar-refractivity contribution is -0.141. The number of nitrogens with zero attached hydrogens (tertiary/aromatic N) is 2. The van der Waals surface area contributed by atoms with Crippen molar-refractivity contribution in [3.05, 3.63) is 40.3 Å². The van der Waals surface area contributed by atoms with Gasteiger partial charge in [0.25, 0.3) is 11.8 Å². The summed E-state index contributed by atoms with van der Waals surface area (Å²) in [7, 11) is 1.63. The summed E-state index contributed by atoms with van der Waals surface area (Å²) >= 11 is 6.33. The number of thiocarbonyl (C=S) groups is 1. The molecule has 0 radical (unpaired) electrons. The van der Waals surface area contributed by atoms with Crippen LogP contribution in [0.25, 0.3) is 6.08 Å². The Morgan fingerprint density at radius 2 is 2.00 bits per heavy atom. The van der Waals surface area contributed by atoms with Gasteiger partial charge in [-0.3, -0.25) is 14.5 Å². The van der Waals surface area contributed by atoms with Crippen LogP contribution in [-0.4, -0.2) is 56.6 Å². The van der Waals surface area contributed by atoms with E-state index in [1.165, 1.54) is 21.6 Å². The van der Waals surface area contributed by atoms with Gasteiger partial charge in [0, 0.05) is 19.2 Å². The van der Waals surface area contributed by atoms with E-state index in [4.69, 9.17) is 12.2 Å². The van der Waals surface area contributed by atoms with E-state index in [1.54, 1.807) is 37.4 Å². The van der Waals surface area contributed by atoms with Crippen molar-refractivity contribution in [2.45, 2.75) is 18.9 Å². The van der Waals surface area contributed by atoms with Crippen LogP contribution in [0.4, 0.5) is 0 Å². The first-order valence-electron chi connectivity index (χ1n) is 7.74. The Morgan fingerprint density at radius 1 is 1.32 bits per heavy atom. The van der Waals surface area contributed by atoms with E-state index in [-0.39, 0.29) is 11.8 Å². The molecule has 1 N–H and O–H groups in total. The summed E-state index contributed by atoms with van der Waals surface area (Å²) < 4.78 is 0.511. The van der Waals surface area contributed by atoms with E-state index in [9.17, 15) is 19.5 Å². The summed E-state index contributed by atoms with van der Waals surface area (Å²) in [6, 6.07) is 6.03. The quantitative estimate of drug-likeness (QED) is 0.644. The molecule has 0 spiro atoms. The first kappa shape index (κ1) is 17.6. The maximum absolute atomic E-state index is 12.5. The predicted molar refractivity (Wildman–Crippen MR) is 99.1 cm³/mol. The Hall–Kier alpha value is -2.19. The van der Waals surface area contributed by atoms with Gasteiger partial charge < -0.3 is 10.0 Å². The monoisotopic (exact) mass is 376 g/mol. The van der Waals surface area contributed by atoms with Crippen LogP contribution in [0.5, 0.6) is 0 Å². The van der Waals surface area contributed by atoms with Gasteiger partial charge in [-0.1, -0.05) is 36.1 Å². The van der Waals surface area contributed by atoms with Crippen molar-refractivity contribution in [3.8, 4) is 0 Å². The number of aliphatic carboxylic acids is 1. The van der Waals surface area contributed by atoms with Gasteiger partial charge in [-0.25, -0.2) is 4.79 Å². The van der Waals surface area contributed by atoms with Crippen LogP contribution in [0.15, 0.2) is 29.2 Å². The number of likely N-dealkylation sites (tertiary alicyclic amines) is 1. The molecule has 6 nitrogen and oxygen atoms in total. The van der Waals surface area contributed by atoms with Gasteiger partial charge in [-0.2, -0.15) is 0 Å². The second kappa shape index (κ2) is 6.97. The minimum absolute atomic E-state index is 0.142. The van der Waals surface area contributed by atoms with Crippen molar-refractivity contribution in [2.75, 3.05) is 13.6 Å². The van der Waals surface area contributed by atoms with Crippen LogP contribution in [0.1, 0.15) is 28.8 Å². The number of carbonyl (C=O) groups excluding carboxylic acids is 2.